The highest BCUT2D eigenvalue weighted by molar-refractivity contribution is 8.39. The van der Waals surface area contributed by atoms with Crippen molar-refractivity contribution in [2.24, 2.45) is 4.99 Å². The molecule has 14 heavy (non-hydrogen) atoms. The molecule has 0 radical (unpaired) electrons. The van der Waals surface area contributed by atoms with Gasteiger partial charge in [0.15, 0.2) is 5.83 Å². The summed E-state index contributed by atoms with van der Waals surface area (Å²) in [5.74, 6) is -0.0611. The number of allylic oxidation sites excluding steroid dienone is 1. The molecule has 0 aromatic carbocycles. The molecule has 0 aromatic heterocycles. The van der Waals surface area contributed by atoms with Crippen LogP contribution >= 0.6 is 23.5 Å². The van der Waals surface area contributed by atoms with Crippen LogP contribution in [0.3, 0.4) is 0 Å². The van der Waals surface area contributed by atoms with E-state index in [-0.39, 0.29) is 6.42 Å². The van der Waals surface area contributed by atoms with Crippen molar-refractivity contribution in [1.29, 1.82) is 0 Å². The highest BCUT2D eigenvalue weighted by Crippen LogP contribution is 2.27. The lowest BCUT2D eigenvalue weighted by Gasteiger charge is -1.97. The van der Waals surface area contributed by atoms with E-state index in [9.17, 15) is 13.2 Å². The highest BCUT2D eigenvalue weighted by Gasteiger charge is 2.14. The van der Waals surface area contributed by atoms with Crippen molar-refractivity contribution >= 4 is 27.9 Å². The maximum absolute atomic E-state index is 12.3. The SMILES string of the molecule is C[C@H]1CSC(SCCC(F)=C(F)F)=N1. The van der Waals surface area contributed by atoms with Crippen LogP contribution in [0.25, 0.3) is 0 Å². The topological polar surface area (TPSA) is 12.4 Å². The molecule has 0 fully saturated rings. The van der Waals surface area contributed by atoms with Crippen LogP contribution in [0.15, 0.2) is 16.9 Å². The zero-order chi connectivity index (χ0) is 10.6. The average molecular weight is 241 g/mol. The quantitative estimate of drug-likeness (QED) is 0.747. The van der Waals surface area contributed by atoms with E-state index in [0.29, 0.717) is 11.8 Å². The van der Waals surface area contributed by atoms with Gasteiger partial charge in [-0.15, -0.1) is 0 Å². The van der Waals surface area contributed by atoms with Crippen LogP contribution in [0.2, 0.25) is 0 Å². The molecule has 1 aliphatic rings. The van der Waals surface area contributed by atoms with Gasteiger partial charge in [-0.1, -0.05) is 23.5 Å². The second-order valence-corrected chi connectivity index (χ2v) is 5.17. The van der Waals surface area contributed by atoms with Crippen LogP contribution in [-0.2, 0) is 0 Å². The summed E-state index contributed by atoms with van der Waals surface area (Å²) in [6.45, 7) is 1.99. The van der Waals surface area contributed by atoms with Gasteiger partial charge >= 0.3 is 6.08 Å². The molecule has 1 atom stereocenters. The molecule has 0 saturated heterocycles. The molecule has 1 aliphatic heterocycles. The van der Waals surface area contributed by atoms with Crippen molar-refractivity contribution in [3.8, 4) is 0 Å². The zero-order valence-electron chi connectivity index (χ0n) is 7.60. The van der Waals surface area contributed by atoms with Crippen molar-refractivity contribution in [2.75, 3.05) is 11.5 Å². The molecule has 1 rings (SSSR count). The standard InChI is InChI=1S/C8H10F3NS2/c1-5-4-14-8(12-5)13-3-2-6(9)7(10)11/h5H,2-4H2,1H3/t5-/m0/s1. The highest BCUT2D eigenvalue weighted by atomic mass is 32.2. The Hall–Kier alpha value is -0.100. The summed E-state index contributed by atoms with van der Waals surface area (Å²) in [4.78, 5) is 4.25. The summed E-state index contributed by atoms with van der Waals surface area (Å²) < 4.78 is 36.5. The number of nitrogens with zero attached hydrogens (tertiary/aromatic N) is 1. The van der Waals surface area contributed by atoms with Gasteiger partial charge in [-0.2, -0.15) is 8.78 Å². The van der Waals surface area contributed by atoms with Crippen LogP contribution in [0, 0.1) is 0 Å². The van der Waals surface area contributed by atoms with E-state index in [0.717, 1.165) is 10.1 Å². The lowest BCUT2D eigenvalue weighted by Crippen LogP contribution is -1.92. The number of rotatable bonds is 3. The molecule has 1 nitrogen and oxygen atoms in total. The van der Waals surface area contributed by atoms with E-state index in [2.05, 4.69) is 4.99 Å². The second kappa shape index (κ2) is 5.70. The Morgan fingerprint density at radius 1 is 1.57 bits per heavy atom. The fourth-order valence-electron chi connectivity index (χ4n) is 0.848. The minimum absolute atomic E-state index is 0.221. The van der Waals surface area contributed by atoms with Gasteiger partial charge in [0, 0.05) is 17.9 Å². The number of hydrogen-bond donors (Lipinski definition) is 0. The minimum Gasteiger partial charge on any atom is -0.268 e. The molecule has 0 N–H and O–H groups in total. The third-order valence-electron chi connectivity index (χ3n) is 1.53. The van der Waals surface area contributed by atoms with E-state index < -0.39 is 11.9 Å². The van der Waals surface area contributed by atoms with Gasteiger partial charge in [0.05, 0.1) is 6.04 Å². The first kappa shape index (κ1) is 12.0. The van der Waals surface area contributed by atoms with Gasteiger partial charge in [0.1, 0.15) is 4.38 Å². The van der Waals surface area contributed by atoms with Crippen molar-refractivity contribution < 1.29 is 13.2 Å². The lowest BCUT2D eigenvalue weighted by atomic mass is 10.4. The van der Waals surface area contributed by atoms with E-state index in [4.69, 9.17) is 0 Å². The Kier molecular flexibility index (Phi) is 4.88. The fourth-order valence-corrected chi connectivity index (χ4v) is 3.06. The number of hydrogen-bond acceptors (Lipinski definition) is 3. The summed E-state index contributed by atoms with van der Waals surface area (Å²) in [5, 5.41) is 0. The van der Waals surface area contributed by atoms with E-state index in [1.165, 1.54) is 11.8 Å². The van der Waals surface area contributed by atoms with Gasteiger partial charge in [-0.25, -0.2) is 4.39 Å². The Bertz CT molecular complexity index is 261. The minimum atomic E-state index is -2.21. The van der Waals surface area contributed by atoms with Gasteiger partial charge in [0.2, 0.25) is 0 Å². The number of thioether (sulfide) groups is 2. The predicted molar refractivity (Wildman–Crippen MR) is 56.8 cm³/mol. The maximum atomic E-state index is 12.3. The number of aliphatic imine (C=N–C) groups is 1. The molecule has 80 valence electrons. The Morgan fingerprint density at radius 2 is 2.29 bits per heavy atom. The summed E-state index contributed by atoms with van der Waals surface area (Å²) in [7, 11) is 0. The molecule has 0 amide bonds. The third kappa shape index (κ3) is 3.96. The van der Waals surface area contributed by atoms with Crippen molar-refractivity contribution in [3.63, 3.8) is 0 Å². The average Bonchev–Trinajstić information content (AvgIpc) is 2.51. The molecule has 0 saturated carbocycles. The first-order valence-electron chi connectivity index (χ1n) is 4.12. The molecular weight excluding hydrogens is 231 g/mol. The normalized spacial score (nSPS) is 20.9. The molecule has 0 aromatic rings. The van der Waals surface area contributed by atoms with E-state index in [1.54, 1.807) is 11.8 Å². The Balaban J connectivity index is 2.22. The zero-order valence-corrected chi connectivity index (χ0v) is 9.23. The maximum Gasteiger partial charge on any atom is 0.301 e. The first-order chi connectivity index (χ1) is 6.59. The predicted octanol–water partition coefficient (Wildman–Crippen LogP) is 3.68. The van der Waals surface area contributed by atoms with Gasteiger partial charge < -0.3 is 0 Å². The Morgan fingerprint density at radius 3 is 2.79 bits per heavy atom. The lowest BCUT2D eigenvalue weighted by molar-refractivity contribution is 0.373. The smallest absolute Gasteiger partial charge is 0.268 e. The molecule has 0 bridgehead atoms. The number of halogens is 3. The Labute approximate surface area is 89.2 Å². The summed E-state index contributed by atoms with van der Waals surface area (Å²) in [5.41, 5.74) is 0. The van der Waals surface area contributed by atoms with Crippen molar-refractivity contribution in [1.82, 2.24) is 0 Å². The van der Waals surface area contributed by atoms with Gasteiger partial charge in [-0.3, -0.25) is 4.99 Å². The van der Waals surface area contributed by atoms with Crippen LogP contribution < -0.4 is 0 Å². The second-order valence-electron chi connectivity index (χ2n) is 2.82. The summed E-state index contributed by atoms with van der Waals surface area (Å²) >= 11 is 2.94. The fraction of sp³-hybridized carbons (Fsp3) is 0.625. The van der Waals surface area contributed by atoms with Gasteiger partial charge in [0.25, 0.3) is 0 Å². The van der Waals surface area contributed by atoms with Crippen LogP contribution in [0.4, 0.5) is 13.2 Å². The van der Waals surface area contributed by atoms with E-state index in [1.807, 2.05) is 6.92 Å². The first-order valence-corrected chi connectivity index (χ1v) is 6.09. The van der Waals surface area contributed by atoms with Crippen molar-refractivity contribution in [2.45, 2.75) is 19.4 Å². The molecule has 0 unspecified atom stereocenters. The molecule has 0 spiro atoms. The largest absolute Gasteiger partial charge is 0.301 e. The molecule has 6 heteroatoms. The van der Waals surface area contributed by atoms with Crippen LogP contribution in [-0.4, -0.2) is 21.9 Å². The molecule has 0 aliphatic carbocycles. The molecule has 1 heterocycles. The van der Waals surface area contributed by atoms with Crippen molar-refractivity contribution in [3.05, 3.63) is 11.9 Å². The molecular formula is C8H10F3NS2. The van der Waals surface area contributed by atoms with Gasteiger partial charge in [-0.05, 0) is 6.92 Å². The van der Waals surface area contributed by atoms with E-state index >= 15 is 0 Å². The summed E-state index contributed by atoms with van der Waals surface area (Å²) in [6.07, 6.45) is -2.43. The summed E-state index contributed by atoms with van der Waals surface area (Å²) in [6, 6.07) is 0.292. The monoisotopic (exact) mass is 241 g/mol. The van der Waals surface area contributed by atoms with Crippen LogP contribution in [0.1, 0.15) is 13.3 Å². The third-order valence-corrected chi connectivity index (χ3v) is 4.00. The van der Waals surface area contributed by atoms with Crippen LogP contribution in [0.5, 0.6) is 0 Å².